The van der Waals surface area contributed by atoms with Crippen molar-refractivity contribution in [2.75, 3.05) is 0 Å². The first kappa shape index (κ1) is 8.70. The number of halogens is 2. The molecule has 0 amide bonds. The van der Waals surface area contributed by atoms with Crippen LogP contribution in [0.25, 0.3) is 5.57 Å². The molecule has 0 radical (unpaired) electrons. The van der Waals surface area contributed by atoms with Gasteiger partial charge in [-0.25, -0.2) is 9.37 Å². The molecule has 1 heterocycles. The van der Waals surface area contributed by atoms with Gasteiger partial charge in [0.2, 0.25) is 0 Å². The lowest BCUT2D eigenvalue weighted by atomic mass is 10.1. The Morgan fingerprint density at radius 2 is 2.31 bits per heavy atom. The molecule has 1 aromatic heterocycles. The van der Waals surface area contributed by atoms with Crippen LogP contribution in [-0.4, -0.2) is 4.98 Å². The maximum absolute atomic E-state index is 13.3. The minimum Gasteiger partial charge on any atom is -0.241 e. The van der Waals surface area contributed by atoms with E-state index in [2.05, 4.69) is 11.1 Å². The molecule has 3 heteroatoms. The highest BCUT2D eigenvalue weighted by molar-refractivity contribution is 6.29. The van der Waals surface area contributed by atoms with E-state index < -0.39 is 0 Å². The number of allylic oxidation sites excluding steroid dienone is 2. The summed E-state index contributed by atoms with van der Waals surface area (Å²) >= 11 is 5.69. The van der Waals surface area contributed by atoms with Crippen LogP contribution in [0.1, 0.15) is 24.8 Å². The third-order valence-corrected chi connectivity index (χ3v) is 2.42. The number of rotatable bonds is 1. The van der Waals surface area contributed by atoms with Gasteiger partial charge in [0.25, 0.3) is 0 Å². The molecule has 13 heavy (non-hydrogen) atoms. The predicted molar refractivity (Wildman–Crippen MR) is 51.0 cm³/mol. The van der Waals surface area contributed by atoms with Gasteiger partial charge < -0.3 is 0 Å². The van der Waals surface area contributed by atoms with Crippen LogP contribution in [0.2, 0.25) is 5.15 Å². The van der Waals surface area contributed by atoms with E-state index in [9.17, 15) is 4.39 Å². The molecule has 0 aliphatic heterocycles. The highest BCUT2D eigenvalue weighted by atomic mass is 35.5. The Morgan fingerprint density at radius 1 is 1.46 bits per heavy atom. The SMILES string of the molecule is Fc1cnc(Cl)cc1C1=CCCC1. The molecule has 1 nitrogen and oxygen atoms in total. The molecule has 0 bridgehead atoms. The van der Waals surface area contributed by atoms with Crippen molar-refractivity contribution in [1.82, 2.24) is 4.98 Å². The molecule has 2 rings (SSSR count). The monoisotopic (exact) mass is 197 g/mol. The lowest BCUT2D eigenvalue weighted by Gasteiger charge is -2.03. The van der Waals surface area contributed by atoms with Gasteiger partial charge in [-0.1, -0.05) is 17.7 Å². The third-order valence-electron chi connectivity index (χ3n) is 2.21. The molecular formula is C10H9ClFN. The molecule has 0 N–H and O–H groups in total. The number of hydrogen-bond acceptors (Lipinski definition) is 1. The fourth-order valence-corrected chi connectivity index (χ4v) is 1.73. The van der Waals surface area contributed by atoms with Gasteiger partial charge in [-0.15, -0.1) is 0 Å². The van der Waals surface area contributed by atoms with Crippen molar-refractivity contribution in [3.63, 3.8) is 0 Å². The van der Waals surface area contributed by atoms with Gasteiger partial charge in [0, 0.05) is 5.56 Å². The van der Waals surface area contributed by atoms with Crippen LogP contribution in [0.4, 0.5) is 4.39 Å². The molecule has 0 unspecified atom stereocenters. The van der Waals surface area contributed by atoms with E-state index in [-0.39, 0.29) is 5.82 Å². The van der Waals surface area contributed by atoms with Crippen LogP contribution >= 0.6 is 11.6 Å². The number of pyridine rings is 1. The Labute approximate surface area is 81.2 Å². The van der Waals surface area contributed by atoms with E-state index in [1.807, 2.05) is 0 Å². The predicted octanol–water partition coefficient (Wildman–Crippen LogP) is 3.44. The summed E-state index contributed by atoms with van der Waals surface area (Å²) in [6.07, 6.45) is 6.33. The molecule has 0 fully saturated rings. The summed E-state index contributed by atoms with van der Waals surface area (Å²) in [5.74, 6) is -0.280. The Morgan fingerprint density at radius 3 is 3.00 bits per heavy atom. The van der Waals surface area contributed by atoms with Gasteiger partial charge in [-0.05, 0) is 30.9 Å². The molecule has 0 aromatic carbocycles. The highest BCUT2D eigenvalue weighted by Gasteiger charge is 2.12. The molecule has 68 valence electrons. The molecular weight excluding hydrogens is 189 g/mol. The van der Waals surface area contributed by atoms with Crippen molar-refractivity contribution in [3.05, 3.63) is 34.9 Å². The quantitative estimate of drug-likeness (QED) is 0.629. The van der Waals surface area contributed by atoms with Crippen LogP contribution in [0.15, 0.2) is 18.3 Å². The van der Waals surface area contributed by atoms with Gasteiger partial charge in [-0.3, -0.25) is 0 Å². The van der Waals surface area contributed by atoms with Crippen LogP contribution in [0.5, 0.6) is 0 Å². The zero-order valence-electron chi connectivity index (χ0n) is 7.06. The van der Waals surface area contributed by atoms with Crippen LogP contribution in [-0.2, 0) is 0 Å². The first-order valence-electron chi connectivity index (χ1n) is 4.28. The van der Waals surface area contributed by atoms with Crippen LogP contribution in [0, 0.1) is 5.82 Å². The molecule has 0 atom stereocenters. The average Bonchev–Trinajstić information content (AvgIpc) is 2.61. The molecule has 1 aliphatic carbocycles. The Kier molecular flexibility index (Phi) is 2.32. The maximum Gasteiger partial charge on any atom is 0.149 e. The Balaban J connectivity index is 2.43. The summed E-state index contributed by atoms with van der Waals surface area (Å²) in [5.41, 5.74) is 1.67. The summed E-state index contributed by atoms with van der Waals surface area (Å²) in [4.78, 5) is 3.67. The molecule has 1 aliphatic rings. The van der Waals surface area contributed by atoms with E-state index in [4.69, 9.17) is 11.6 Å². The summed E-state index contributed by atoms with van der Waals surface area (Å²) in [7, 11) is 0. The van der Waals surface area contributed by atoms with Gasteiger partial charge in [-0.2, -0.15) is 0 Å². The number of nitrogens with zero attached hydrogens (tertiary/aromatic N) is 1. The van der Waals surface area contributed by atoms with E-state index in [0.717, 1.165) is 24.8 Å². The van der Waals surface area contributed by atoms with E-state index >= 15 is 0 Å². The first-order chi connectivity index (χ1) is 6.27. The standard InChI is InChI=1S/C10H9ClFN/c11-10-5-8(9(12)6-13-10)7-3-1-2-4-7/h3,5-6H,1-2,4H2. The van der Waals surface area contributed by atoms with Crippen molar-refractivity contribution in [1.29, 1.82) is 0 Å². The number of hydrogen-bond donors (Lipinski definition) is 0. The molecule has 0 saturated carbocycles. The van der Waals surface area contributed by atoms with E-state index in [1.165, 1.54) is 6.20 Å². The fourth-order valence-electron chi connectivity index (χ4n) is 1.57. The first-order valence-corrected chi connectivity index (χ1v) is 4.65. The maximum atomic E-state index is 13.3. The summed E-state index contributed by atoms with van der Waals surface area (Å²) in [5, 5.41) is 0.351. The second-order valence-electron chi connectivity index (χ2n) is 3.11. The van der Waals surface area contributed by atoms with E-state index in [0.29, 0.717) is 10.7 Å². The minimum atomic E-state index is -0.280. The van der Waals surface area contributed by atoms with Crippen LogP contribution in [0.3, 0.4) is 0 Å². The summed E-state index contributed by atoms with van der Waals surface area (Å²) < 4.78 is 13.3. The largest absolute Gasteiger partial charge is 0.241 e. The van der Waals surface area contributed by atoms with Crippen molar-refractivity contribution in [2.45, 2.75) is 19.3 Å². The number of aromatic nitrogens is 1. The van der Waals surface area contributed by atoms with Crippen molar-refractivity contribution < 1.29 is 4.39 Å². The zero-order chi connectivity index (χ0) is 9.26. The Hall–Kier alpha value is -0.890. The average molecular weight is 198 g/mol. The lowest BCUT2D eigenvalue weighted by molar-refractivity contribution is 0.617. The summed E-state index contributed by atoms with van der Waals surface area (Å²) in [6, 6.07) is 1.59. The van der Waals surface area contributed by atoms with Crippen molar-refractivity contribution >= 4 is 17.2 Å². The molecule has 0 spiro atoms. The smallest absolute Gasteiger partial charge is 0.149 e. The fraction of sp³-hybridized carbons (Fsp3) is 0.300. The van der Waals surface area contributed by atoms with Gasteiger partial charge >= 0.3 is 0 Å². The topological polar surface area (TPSA) is 12.9 Å². The van der Waals surface area contributed by atoms with Gasteiger partial charge in [0.05, 0.1) is 6.20 Å². The normalized spacial score (nSPS) is 16.0. The zero-order valence-corrected chi connectivity index (χ0v) is 7.81. The van der Waals surface area contributed by atoms with Crippen molar-refractivity contribution in [2.24, 2.45) is 0 Å². The molecule has 1 aromatic rings. The van der Waals surface area contributed by atoms with Crippen molar-refractivity contribution in [3.8, 4) is 0 Å². The van der Waals surface area contributed by atoms with Crippen LogP contribution < -0.4 is 0 Å². The van der Waals surface area contributed by atoms with Gasteiger partial charge in [0.15, 0.2) is 0 Å². The van der Waals surface area contributed by atoms with E-state index in [1.54, 1.807) is 6.07 Å². The highest BCUT2D eigenvalue weighted by Crippen LogP contribution is 2.29. The Bertz CT molecular complexity index is 360. The minimum absolute atomic E-state index is 0.280. The second kappa shape index (κ2) is 3.46. The van der Waals surface area contributed by atoms with Gasteiger partial charge in [0.1, 0.15) is 11.0 Å². The summed E-state index contributed by atoms with van der Waals surface area (Å²) in [6.45, 7) is 0. The third kappa shape index (κ3) is 1.73. The lowest BCUT2D eigenvalue weighted by Crippen LogP contribution is -1.89. The molecule has 0 saturated heterocycles. The second-order valence-corrected chi connectivity index (χ2v) is 3.50.